The molecule has 0 saturated heterocycles. The van der Waals surface area contributed by atoms with Crippen molar-refractivity contribution in [3.63, 3.8) is 0 Å². The SMILES string of the molecule is COCCNC(=O)c1csc2cc(N)ccc12. The van der Waals surface area contributed by atoms with Gasteiger partial charge in [0, 0.05) is 34.8 Å². The van der Waals surface area contributed by atoms with Crippen LogP contribution in [0.5, 0.6) is 0 Å². The molecule has 5 heteroatoms. The average molecular weight is 250 g/mol. The van der Waals surface area contributed by atoms with Crippen molar-refractivity contribution in [2.24, 2.45) is 0 Å². The van der Waals surface area contributed by atoms with Crippen molar-refractivity contribution >= 4 is 33.0 Å². The molecule has 0 bridgehead atoms. The summed E-state index contributed by atoms with van der Waals surface area (Å²) in [6.07, 6.45) is 0. The van der Waals surface area contributed by atoms with E-state index in [4.69, 9.17) is 10.5 Å². The molecule has 0 fully saturated rings. The lowest BCUT2D eigenvalue weighted by molar-refractivity contribution is 0.0939. The van der Waals surface area contributed by atoms with Crippen LogP contribution in [0, 0.1) is 0 Å². The number of benzene rings is 1. The molecule has 4 nitrogen and oxygen atoms in total. The zero-order chi connectivity index (χ0) is 12.3. The van der Waals surface area contributed by atoms with Crippen molar-refractivity contribution in [3.8, 4) is 0 Å². The van der Waals surface area contributed by atoms with Crippen molar-refractivity contribution < 1.29 is 9.53 Å². The van der Waals surface area contributed by atoms with E-state index in [1.165, 1.54) is 11.3 Å². The number of amides is 1. The first-order chi connectivity index (χ1) is 8.22. The predicted octanol–water partition coefficient (Wildman–Crippen LogP) is 1.86. The van der Waals surface area contributed by atoms with Crippen LogP contribution in [0.2, 0.25) is 0 Å². The van der Waals surface area contributed by atoms with Crippen molar-refractivity contribution in [1.29, 1.82) is 0 Å². The Hall–Kier alpha value is -1.59. The highest BCUT2D eigenvalue weighted by atomic mass is 32.1. The number of anilines is 1. The van der Waals surface area contributed by atoms with Crippen LogP contribution >= 0.6 is 11.3 Å². The van der Waals surface area contributed by atoms with Gasteiger partial charge in [0.25, 0.3) is 5.91 Å². The summed E-state index contributed by atoms with van der Waals surface area (Å²) in [4.78, 5) is 11.9. The zero-order valence-corrected chi connectivity index (χ0v) is 10.3. The van der Waals surface area contributed by atoms with E-state index >= 15 is 0 Å². The van der Waals surface area contributed by atoms with Gasteiger partial charge in [0.2, 0.25) is 0 Å². The minimum Gasteiger partial charge on any atom is -0.399 e. The van der Waals surface area contributed by atoms with Gasteiger partial charge in [-0.2, -0.15) is 0 Å². The highest BCUT2D eigenvalue weighted by Crippen LogP contribution is 2.27. The largest absolute Gasteiger partial charge is 0.399 e. The molecule has 2 aromatic rings. The normalized spacial score (nSPS) is 10.6. The van der Waals surface area contributed by atoms with Crippen LogP contribution < -0.4 is 11.1 Å². The molecule has 0 unspecified atom stereocenters. The fraction of sp³-hybridized carbons (Fsp3) is 0.250. The van der Waals surface area contributed by atoms with Crippen LogP contribution in [-0.2, 0) is 4.74 Å². The van der Waals surface area contributed by atoms with Gasteiger partial charge >= 0.3 is 0 Å². The number of hydrogen-bond acceptors (Lipinski definition) is 4. The molecule has 1 aromatic heterocycles. The van der Waals surface area contributed by atoms with Crippen LogP contribution in [0.4, 0.5) is 5.69 Å². The lowest BCUT2D eigenvalue weighted by atomic mass is 10.1. The van der Waals surface area contributed by atoms with Crippen molar-refractivity contribution in [1.82, 2.24) is 5.32 Å². The highest BCUT2D eigenvalue weighted by molar-refractivity contribution is 7.17. The van der Waals surface area contributed by atoms with Crippen LogP contribution in [0.25, 0.3) is 10.1 Å². The number of thiophene rings is 1. The van der Waals surface area contributed by atoms with Gasteiger partial charge in [0.05, 0.1) is 12.2 Å². The molecule has 0 aliphatic carbocycles. The third kappa shape index (κ3) is 2.57. The fourth-order valence-electron chi connectivity index (χ4n) is 1.58. The van der Waals surface area contributed by atoms with Crippen LogP contribution in [0.15, 0.2) is 23.6 Å². The summed E-state index contributed by atoms with van der Waals surface area (Å²) in [5.74, 6) is -0.0712. The molecule has 0 spiro atoms. The quantitative estimate of drug-likeness (QED) is 0.643. The number of nitrogen functional groups attached to an aromatic ring is 1. The third-order valence-electron chi connectivity index (χ3n) is 2.44. The van der Waals surface area contributed by atoms with E-state index in [1.54, 1.807) is 13.2 Å². The van der Waals surface area contributed by atoms with Gasteiger partial charge in [-0.15, -0.1) is 11.3 Å². The fourth-order valence-corrected chi connectivity index (χ4v) is 2.57. The molecule has 3 N–H and O–H groups in total. The second kappa shape index (κ2) is 5.16. The Morgan fingerprint density at radius 1 is 1.53 bits per heavy atom. The Bertz CT molecular complexity index is 536. The highest BCUT2D eigenvalue weighted by Gasteiger charge is 2.11. The monoisotopic (exact) mass is 250 g/mol. The van der Waals surface area contributed by atoms with Crippen molar-refractivity contribution in [2.75, 3.05) is 26.0 Å². The van der Waals surface area contributed by atoms with E-state index in [9.17, 15) is 4.79 Å². The smallest absolute Gasteiger partial charge is 0.252 e. The van der Waals surface area contributed by atoms with E-state index in [-0.39, 0.29) is 5.91 Å². The topological polar surface area (TPSA) is 64.3 Å². The second-order valence-corrected chi connectivity index (χ2v) is 4.56. The van der Waals surface area contributed by atoms with E-state index in [2.05, 4.69) is 5.32 Å². The number of carbonyl (C=O) groups is 1. The standard InChI is InChI=1S/C12H14N2O2S/c1-16-5-4-14-12(15)10-7-17-11-6-8(13)2-3-9(10)11/h2-3,6-7H,4-5,13H2,1H3,(H,14,15). The summed E-state index contributed by atoms with van der Waals surface area (Å²) in [7, 11) is 1.61. The Balaban J connectivity index is 2.21. The minimum atomic E-state index is -0.0712. The molecule has 1 amide bonds. The van der Waals surface area contributed by atoms with Crippen molar-refractivity contribution in [3.05, 3.63) is 29.1 Å². The van der Waals surface area contributed by atoms with Gasteiger partial charge in [-0.25, -0.2) is 0 Å². The molecule has 0 radical (unpaired) electrons. The zero-order valence-electron chi connectivity index (χ0n) is 9.53. The number of ether oxygens (including phenoxy) is 1. The maximum atomic E-state index is 11.9. The lowest BCUT2D eigenvalue weighted by Gasteiger charge is -2.03. The van der Waals surface area contributed by atoms with Gasteiger partial charge in [-0.3, -0.25) is 4.79 Å². The number of hydrogen-bond donors (Lipinski definition) is 2. The molecular weight excluding hydrogens is 236 g/mol. The maximum absolute atomic E-state index is 11.9. The van der Waals surface area contributed by atoms with E-state index in [0.717, 1.165) is 10.1 Å². The Kier molecular flexibility index (Phi) is 3.61. The molecule has 1 heterocycles. The van der Waals surface area contributed by atoms with Gasteiger partial charge < -0.3 is 15.8 Å². The Labute approximate surface area is 103 Å². The van der Waals surface area contributed by atoms with Gasteiger partial charge in [0.1, 0.15) is 0 Å². The molecule has 0 aliphatic heterocycles. The number of fused-ring (bicyclic) bond motifs is 1. The van der Waals surface area contributed by atoms with Crippen molar-refractivity contribution in [2.45, 2.75) is 0 Å². The molecule has 17 heavy (non-hydrogen) atoms. The van der Waals surface area contributed by atoms with Gasteiger partial charge in [0.15, 0.2) is 0 Å². The number of nitrogens with one attached hydrogen (secondary N) is 1. The molecule has 90 valence electrons. The molecule has 2 rings (SSSR count). The number of methoxy groups -OCH3 is 1. The van der Waals surface area contributed by atoms with Crippen LogP contribution in [0.3, 0.4) is 0 Å². The Morgan fingerprint density at radius 3 is 3.12 bits per heavy atom. The third-order valence-corrected chi connectivity index (χ3v) is 3.38. The summed E-state index contributed by atoms with van der Waals surface area (Å²) in [6.45, 7) is 1.03. The van der Waals surface area contributed by atoms with Gasteiger partial charge in [-0.05, 0) is 12.1 Å². The Morgan fingerprint density at radius 2 is 2.35 bits per heavy atom. The first-order valence-corrected chi connectivity index (χ1v) is 6.14. The number of nitrogens with two attached hydrogens (primary N) is 1. The minimum absolute atomic E-state index is 0.0712. The number of rotatable bonds is 4. The molecule has 0 atom stereocenters. The first-order valence-electron chi connectivity index (χ1n) is 5.26. The van der Waals surface area contributed by atoms with Crippen LogP contribution in [0.1, 0.15) is 10.4 Å². The molecular formula is C12H14N2O2S. The summed E-state index contributed by atoms with van der Waals surface area (Å²) in [5.41, 5.74) is 7.11. The van der Waals surface area contributed by atoms with Crippen LogP contribution in [-0.4, -0.2) is 26.2 Å². The lowest BCUT2D eigenvalue weighted by Crippen LogP contribution is -2.26. The van der Waals surface area contributed by atoms with E-state index in [0.29, 0.717) is 24.4 Å². The predicted molar refractivity (Wildman–Crippen MR) is 70.4 cm³/mol. The van der Waals surface area contributed by atoms with E-state index < -0.39 is 0 Å². The second-order valence-electron chi connectivity index (χ2n) is 3.65. The summed E-state index contributed by atoms with van der Waals surface area (Å²) in [5, 5.41) is 5.60. The summed E-state index contributed by atoms with van der Waals surface area (Å²) >= 11 is 1.52. The first kappa shape index (κ1) is 11.9. The van der Waals surface area contributed by atoms with E-state index in [1.807, 2.05) is 17.5 Å². The summed E-state index contributed by atoms with van der Waals surface area (Å²) in [6, 6.07) is 5.57. The molecule has 0 saturated carbocycles. The number of carbonyl (C=O) groups excluding carboxylic acids is 1. The van der Waals surface area contributed by atoms with Gasteiger partial charge in [-0.1, -0.05) is 6.07 Å². The summed E-state index contributed by atoms with van der Waals surface area (Å²) < 4.78 is 5.91. The maximum Gasteiger partial charge on any atom is 0.252 e. The molecule has 1 aromatic carbocycles. The average Bonchev–Trinajstić information content (AvgIpc) is 2.72. The molecule has 0 aliphatic rings.